The molecule has 17 heavy (non-hydrogen) atoms. The molecule has 1 aliphatic rings. The molecule has 0 amide bonds. The lowest BCUT2D eigenvalue weighted by Crippen LogP contribution is -2.17. The maximum atomic E-state index is 5.97. The van der Waals surface area contributed by atoms with Crippen LogP contribution in [0.4, 0.5) is 0 Å². The zero-order valence-corrected chi connectivity index (χ0v) is 11.4. The lowest BCUT2D eigenvalue weighted by molar-refractivity contribution is 0.323. The Labute approximate surface area is 107 Å². The number of thioether (sulfide) groups is 1. The van der Waals surface area contributed by atoms with Crippen molar-refractivity contribution in [2.45, 2.75) is 56.6 Å². The van der Waals surface area contributed by atoms with Crippen molar-refractivity contribution in [3.8, 4) is 0 Å². The van der Waals surface area contributed by atoms with Crippen molar-refractivity contribution in [2.75, 3.05) is 0 Å². The molecule has 2 rings (SSSR count). The fourth-order valence-corrected chi connectivity index (χ4v) is 3.16. The summed E-state index contributed by atoms with van der Waals surface area (Å²) in [6.07, 6.45) is 5.41. The summed E-state index contributed by atoms with van der Waals surface area (Å²) in [5, 5.41) is 4.78. The second-order valence-corrected chi connectivity index (χ2v) is 6.32. The number of nitrogens with zero attached hydrogens (tertiary/aromatic N) is 2. The van der Waals surface area contributed by atoms with E-state index in [9.17, 15) is 0 Å². The number of hydrogen-bond donors (Lipinski definition) is 1. The van der Waals surface area contributed by atoms with Crippen LogP contribution >= 0.6 is 11.8 Å². The summed E-state index contributed by atoms with van der Waals surface area (Å²) in [5.41, 5.74) is 5.97. The fraction of sp³-hybridized carbons (Fsp3) is 0.833. The van der Waals surface area contributed by atoms with Gasteiger partial charge in [-0.2, -0.15) is 16.7 Å². The molecule has 5 heteroatoms. The number of aromatic nitrogens is 2. The maximum absolute atomic E-state index is 5.97. The van der Waals surface area contributed by atoms with Gasteiger partial charge < -0.3 is 10.3 Å². The maximum Gasteiger partial charge on any atom is 0.243 e. The average Bonchev–Trinajstić information content (AvgIpc) is 2.96. The highest BCUT2D eigenvalue weighted by atomic mass is 32.2. The minimum absolute atomic E-state index is 0.146. The van der Waals surface area contributed by atoms with Gasteiger partial charge in [0.05, 0.1) is 11.8 Å². The molecule has 1 heterocycles. The Morgan fingerprint density at radius 1 is 1.41 bits per heavy atom. The van der Waals surface area contributed by atoms with Gasteiger partial charge in [-0.05, 0) is 18.8 Å². The topological polar surface area (TPSA) is 64.9 Å². The summed E-state index contributed by atoms with van der Waals surface area (Å²) in [6, 6.07) is -0.146. The van der Waals surface area contributed by atoms with Crippen LogP contribution in [-0.4, -0.2) is 15.4 Å². The summed E-state index contributed by atoms with van der Waals surface area (Å²) in [4.78, 5) is 4.37. The van der Waals surface area contributed by atoms with E-state index in [1.807, 2.05) is 11.8 Å². The Bertz CT molecular complexity index is 347. The first-order chi connectivity index (χ1) is 8.16. The van der Waals surface area contributed by atoms with Crippen molar-refractivity contribution in [3.63, 3.8) is 0 Å². The third-order valence-corrected chi connectivity index (χ3v) is 4.61. The second kappa shape index (κ2) is 5.87. The molecule has 4 nitrogen and oxygen atoms in total. The fourth-order valence-electron chi connectivity index (χ4n) is 1.99. The van der Waals surface area contributed by atoms with Crippen LogP contribution in [0.1, 0.15) is 57.3 Å². The van der Waals surface area contributed by atoms with E-state index >= 15 is 0 Å². The Kier molecular flexibility index (Phi) is 4.45. The smallest absolute Gasteiger partial charge is 0.243 e. The molecule has 1 aromatic heterocycles. The molecule has 0 spiro atoms. The highest BCUT2D eigenvalue weighted by molar-refractivity contribution is 7.99. The first-order valence-electron chi connectivity index (χ1n) is 6.36. The molecule has 0 aromatic carbocycles. The van der Waals surface area contributed by atoms with Gasteiger partial charge in [0, 0.05) is 5.25 Å². The Morgan fingerprint density at radius 3 is 2.76 bits per heavy atom. The molecule has 1 atom stereocenters. The van der Waals surface area contributed by atoms with Gasteiger partial charge in [0.1, 0.15) is 0 Å². The highest BCUT2D eigenvalue weighted by Gasteiger charge is 2.20. The van der Waals surface area contributed by atoms with E-state index in [0.29, 0.717) is 11.8 Å². The summed E-state index contributed by atoms with van der Waals surface area (Å²) in [6.45, 7) is 4.11. The van der Waals surface area contributed by atoms with Crippen LogP contribution in [0, 0.1) is 5.92 Å². The van der Waals surface area contributed by atoms with Crippen LogP contribution < -0.4 is 5.73 Å². The van der Waals surface area contributed by atoms with Crippen molar-refractivity contribution in [3.05, 3.63) is 11.7 Å². The van der Waals surface area contributed by atoms with Crippen LogP contribution in [0.25, 0.3) is 0 Å². The number of hydrogen-bond acceptors (Lipinski definition) is 5. The monoisotopic (exact) mass is 255 g/mol. The lowest BCUT2D eigenvalue weighted by atomic mass is 10.1. The van der Waals surface area contributed by atoms with E-state index in [-0.39, 0.29) is 6.04 Å². The van der Waals surface area contributed by atoms with E-state index in [1.54, 1.807) is 0 Å². The van der Waals surface area contributed by atoms with Crippen LogP contribution in [0.2, 0.25) is 0 Å². The predicted octanol–water partition coefficient (Wildman–Crippen LogP) is 2.90. The average molecular weight is 255 g/mol. The van der Waals surface area contributed by atoms with Crippen molar-refractivity contribution < 1.29 is 4.52 Å². The molecule has 2 N–H and O–H groups in total. The number of nitrogens with two attached hydrogens (primary N) is 1. The van der Waals surface area contributed by atoms with Crippen molar-refractivity contribution in [1.29, 1.82) is 0 Å². The van der Waals surface area contributed by atoms with Gasteiger partial charge in [0.2, 0.25) is 5.89 Å². The minimum Gasteiger partial charge on any atom is -0.338 e. The number of rotatable bonds is 5. The molecule has 1 aromatic rings. The Balaban J connectivity index is 1.85. The van der Waals surface area contributed by atoms with Crippen molar-refractivity contribution in [2.24, 2.45) is 11.7 Å². The zero-order chi connectivity index (χ0) is 12.3. The van der Waals surface area contributed by atoms with E-state index < -0.39 is 0 Å². The van der Waals surface area contributed by atoms with Crippen LogP contribution in [0.5, 0.6) is 0 Å². The van der Waals surface area contributed by atoms with E-state index in [1.165, 1.54) is 25.7 Å². The summed E-state index contributed by atoms with van der Waals surface area (Å²) in [5.74, 6) is 2.53. The third kappa shape index (κ3) is 3.45. The van der Waals surface area contributed by atoms with Gasteiger partial charge in [-0.25, -0.2) is 0 Å². The van der Waals surface area contributed by atoms with E-state index in [2.05, 4.69) is 24.0 Å². The van der Waals surface area contributed by atoms with Crippen LogP contribution in [0.15, 0.2) is 4.52 Å². The molecule has 0 bridgehead atoms. The Hall–Kier alpha value is -0.550. The lowest BCUT2D eigenvalue weighted by Gasteiger charge is -2.09. The molecule has 0 saturated heterocycles. The molecule has 0 aliphatic heterocycles. The zero-order valence-electron chi connectivity index (χ0n) is 10.6. The van der Waals surface area contributed by atoms with E-state index in [4.69, 9.17) is 10.3 Å². The third-order valence-electron chi connectivity index (χ3n) is 3.24. The van der Waals surface area contributed by atoms with Crippen LogP contribution in [-0.2, 0) is 5.75 Å². The molecule has 1 saturated carbocycles. The second-order valence-electron chi connectivity index (χ2n) is 5.04. The van der Waals surface area contributed by atoms with Gasteiger partial charge in [-0.1, -0.05) is 31.8 Å². The van der Waals surface area contributed by atoms with Crippen molar-refractivity contribution >= 4 is 11.8 Å². The van der Waals surface area contributed by atoms with E-state index in [0.717, 1.165) is 16.8 Å². The first-order valence-corrected chi connectivity index (χ1v) is 7.41. The molecule has 1 aliphatic carbocycles. The van der Waals surface area contributed by atoms with Gasteiger partial charge in [0.25, 0.3) is 0 Å². The minimum atomic E-state index is -0.146. The quantitative estimate of drug-likeness (QED) is 0.876. The molecule has 96 valence electrons. The van der Waals surface area contributed by atoms with Crippen molar-refractivity contribution in [1.82, 2.24) is 10.1 Å². The summed E-state index contributed by atoms with van der Waals surface area (Å²) >= 11 is 1.94. The largest absolute Gasteiger partial charge is 0.338 e. The molecular formula is C12H21N3OS. The van der Waals surface area contributed by atoms with Gasteiger partial charge in [-0.3, -0.25) is 0 Å². The Morgan fingerprint density at radius 2 is 2.12 bits per heavy atom. The van der Waals surface area contributed by atoms with Crippen LogP contribution in [0.3, 0.4) is 0 Å². The van der Waals surface area contributed by atoms with Gasteiger partial charge in [-0.15, -0.1) is 0 Å². The molecular weight excluding hydrogens is 234 g/mol. The molecule has 0 radical (unpaired) electrons. The summed E-state index contributed by atoms with van der Waals surface area (Å²) in [7, 11) is 0. The van der Waals surface area contributed by atoms with Gasteiger partial charge >= 0.3 is 0 Å². The van der Waals surface area contributed by atoms with Gasteiger partial charge in [0.15, 0.2) is 5.82 Å². The molecule has 0 unspecified atom stereocenters. The SMILES string of the molecule is CC(C)[C@H](N)c1nc(CSC2CCCC2)no1. The normalized spacial score (nSPS) is 19.1. The first kappa shape index (κ1) is 12.9. The predicted molar refractivity (Wildman–Crippen MR) is 69.6 cm³/mol. The highest BCUT2D eigenvalue weighted by Crippen LogP contribution is 2.31. The standard InChI is InChI=1S/C12H21N3OS/c1-8(2)11(13)12-14-10(15-16-12)7-17-9-5-3-4-6-9/h8-9,11H,3-7,13H2,1-2H3/t11-/m0/s1. The molecule has 1 fully saturated rings. The summed E-state index contributed by atoms with van der Waals surface area (Å²) < 4.78 is 5.20.